The van der Waals surface area contributed by atoms with E-state index in [1.807, 2.05) is 0 Å². The van der Waals surface area contributed by atoms with Crippen LogP contribution in [0.25, 0.3) is 5.76 Å². The standard InChI is InChI=1S/C9H8N2O2/c1-6-5-8(12)7-3-2-4-10-9(7)11(6)13/h2-5,12-13H,1H2. The number of allylic oxidation sites excluding steroid dienone is 1. The first-order valence-corrected chi connectivity index (χ1v) is 3.74. The van der Waals surface area contributed by atoms with Crippen LogP contribution in [-0.2, 0) is 0 Å². The van der Waals surface area contributed by atoms with Crippen molar-refractivity contribution in [2.45, 2.75) is 0 Å². The number of aliphatic hydroxyl groups is 1. The van der Waals surface area contributed by atoms with Gasteiger partial charge >= 0.3 is 0 Å². The number of fused-ring (bicyclic) bond motifs is 1. The Balaban J connectivity index is 2.65. The molecular weight excluding hydrogens is 168 g/mol. The minimum absolute atomic E-state index is 0.0680. The molecule has 1 aliphatic heterocycles. The third kappa shape index (κ3) is 1.08. The van der Waals surface area contributed by atoms with Gasteiger partial charge < -0.3 is 5.11 Å². The van der Waals surface area contributed by atoms with Gasteiger partial charge in [0, 0.05) is 12.3 Å². The van der Waals surface area contributed by atoms with Gasteiger partial charge in [0.05, 0.1) is 11.3 Å². The molecular formula is C9H8N2O2. The highest BCUT2D eigenvalue weighted by Gasteiger charge is 2.20. The summed E-state index contributed by atoms with van der Waals surface area (Å²) in [6, 6.07) is 3.36. The smallest absolute Gasteiger partial charge is 0.168 e. The van der Waals surface area contributed by atoms with Gasteiger partial charge in [-0.05, 0) is 12.1 Å². The van der Waals surface area contributed by atoms with Crippen molar-refractivity contribution in [2.24, 2.45) is 0 Å². The van der Waals surface area contributed by atoms with E-state index in [1.54, 1.807) is 12.1 Å². The third-order valence-electron chi connectivity index (χ3n) is 1.84. The molecule has 4 heteroatoms. The third-order valence-corrected chi connectivity index (χ3v) is 1.84. The van der Waals surface area contributed by atoms with E-state index < -0.39 is 0 Å². The second-order valence-corrected chi connectivity index (χ2v) is 2.71. The summed E-state index contributed by atoms with van der Waals surface area (Å²) in [7, 11) is 0. The Kier molecular flexibility index (Phi) is 1.56. The summed E-state index contributed by atoms with van der Waals surface area (Å²) in [6.45, 7) is 3.54. The van der Waals surface area contributed by atoms with Gasteiger partial charge in [-0.25, -0.2) is 10.0 Å². The summed E-state index contributed by atoms with van der Waals surface area (Å²) in [5, 5.41) is 19.8. The molecule has 66 valence electrons. The normalized spacial score (nSPS) is 15.3. The molecule has 0 bridgehead atoms. The zero-order valence-electron chi connectivity index (χ0n) is 6.81. The topological polar surface area (TPSA) is 56.6 Å². The monoisotopic (exact) mass is 176 g/mol. The Morgan fingerprint density at radius 2 is 2.23 bits per heavy atom. The van der Waals surface area contributed by atoms with E-state index in [1.165, 1.54) is 12.3 Å². The lowest BCUT2D eigenvalue weighted by atomic mass is 10.1. The van der Waals surface area contributed by atoms with E-state index in [0.717, 1.165) is 5.06 Å². The summed E-state index contributed by atoms with van der Waals surface area (Å²) in [5.41, 5.74) is 0.793. The van der Waals surface area contributed by atoms with Gasteiger partial charge in [0.15, 0.2) is 5.82 Å². The predicted molar refractivity (Wildman–Crippen MR) is 48.2 cm³/mol. The molecule has 0 aromatic carbocycles. The SMILES string of the molecule is C=C1C=C(O)c2cccnc2N1O. The van der Waals surface area contributed by atoms with Crippen LogP contribution in [0.2, 0.25) is 0 Å². The number of nitrogens with zero attached hydrogens (tertiary/aromatic N) is 2. The molecule has 0 spiro atoms. The molecule has 0 fully saturated rings. The average Bonchev–Trinajstić information content (AvgIpc) is 2.15. The maximum atomic E-state index is 9.47. The molecule has 1 aromatic heterocycles. The first-order valence-electron chi connectivity index (χ1n) is 3.74. The predicted octanol–water partition coefficient (Wildman–Crippen LogP) is 1.70. The van der Waals surface area contributed by atoms with Gasteiger partial charge in [0.1, 0.15) is 5.76 Å². The first-order chi connectivity index (χ1) is 6.20. The van der Waals surface area contributed by atoms with Gasteiger partial charge in [0.2, 0.25) is 0 Å². The zero-order valence-corrected chi connectivity index (χ0v) is 6.81. The maximum absolute atomic E-state index is 9.47. The number of hydrogen-bond donors (Lipinski definition) is 2. The molecule has 0 amide bonds. The Labute approximate surface area is 75.0 Å². The minimum Gasteiger partial charge on any atom is -0.507 e. The molecule has 1 aromatic rings. The molecule has 0 saturated heterocycles. The Bertz CT molecular complexity index is 398. The fraction of sp³-hybridized carbons (Fsp3) is 0. The van der Waals surface area contributed by atoms with Crippen molar-refractivity contribution in [3.05, 3.63) is 42.2 Å². The van der Waals surface area contributed by atoms with Crippen LogP contribution in [0, 0.1) is 0 Å². The van der Waals surface area contributed by atoms with Crippen LogP contribution >= 0.6 is 0 Å². The van der Waals surface area contributed by atoms with Crippen molar-refractivity contribution >= 4 is 11.6 Å². The second-order valence-electron chi connectivity index (χ2n) is 2.71. The van der Waals surface area contributed by atoms with E-state index in [4.69, 9.17) is 0 Å². The van der Waals surface area contributed by atoms with Crippen molar-refractivity contribution in [2.75, 3.05) is 5.06 Å². The fourth-order valence-corrected chi connectivity index (χ4v) is 1.20. The van der Waals surface area contributed by atoms with Crippen LogP contribution in [0.5, 0.6) is 0 Å². The molecule has 0 saturated carbocycles. The van der Waals surface area contributed by atoms with E-state index in [0.29, 0.717) is 17.1 Å². The van der Waals surface area contributed by atoms with Gasteiger partial charge in [0.25, 0.3) is 0 Å². The number of aromatic nitrogens is 1. The summed E-state index contributed by atoms with van der Waals surface area (Å²) < 4.78 is 0. The van der Waals surface area contributed by atoms with Crippen molar-refractivity contribution in [1.29, 1.82) is 0 Å². The number of anilines is 1. The molecule has 13 heavy (non-hydrogen) atoms. The Morgan fingerprint density at radius 1 is 1.46 bits per heavy atom. The molecule has 0 unspecified atom stereocenters. The molecule has 0 atom stereocenters. The molecule has 0 radical (unpaired) electrons. The molecule has 2 N–H and O–H groups in total. The van der Waals surface area contributed by atoms with Gasteiger partial charge in [-0.15, -0.1) is 0 Å². The van der Waals surface area contributed by atoms with Crippen molar-refractivity contribution < 1.29 is 10.3 Å². The number of hydroxylamine groups is 1. The fourth-order valence-electron chi connectivity index (χ4n) is 1.20. The highest BCUT2D eigenvalue weighted by atomic mass is 16.5. The highest BCUT2D eigenvalue weighted by molar-refractivity contribution is 5.76. The maximum Gasteiger partial charge on any atom is 0.168 e. The minimum atomic E-state index is 0.0680. The van der Waals surface area contributed by atoms with Crippen LogP contribution in [0.1, 0.15) is 5.56 Å². The van der Waals surface area contributed by atoms with Crippen LogP contribution < -0.4 is 5.06 Å². The van der Waals surface area contributed by atoms with Gasteiger partial charge in [-0.3, -0.25) is 5.21 Å². The van der Waals surface area contributed by atoms with E-state index in [-0.39, 0.29) is 5.76 Å². The van der Waals surface area contributed by atoms with Crippen LogP contribution in [0.15, 0.2) is 36.7 Å². The van der Waals surface area contributed by atoms with Crippen LogP contribution in [0.3, 0.4) is 0 Å². The number of rotatable bonds is 0. The number of pyridine rings is 1. The lowest BCUT2D eigenvalue weighted by Gasteiger charge is -2.22. The van der Waals surface area contributed by atoms with E-state index in [2.05, 4.69) is 11.6 Å². The lowest BCUT2D eigenvalue weighted by Crippen LogP contribution is -2.21. The molecule has 1 aliphatic rings. The van der Waals surface area contributed by atoms with E-state index >= 15 is 0 Å². The van der Waals surface area contributed by atoms with Gasteiger partial charge in [-0.1, -0.05) is 6.58 Å². The zero-order chi connectivity index (χ0) is 9.42. The summed E-state index contributed by atoms with van der Waals surface area (Å²) in [6.07, 6.45) is 2.91. The number of aliphatic hydroxyl groups excluding tert-OH is 1. The summed E-state index contributed by atoms with van der Waals surface area (Å²) in [5.74, 6) is 0.367. The first kappa shape index (κ1) is 7.82. The van der Waals surface area contributed by atoms with Gasteiger partial charge in [-0.2, -0.15) is 0 Å². The van der Waals surface area contributed by atoms with Crippen molar-refractivity contribution in [3.8, 4) is 0 Å². The molecule has 0 aliphatic carbocycles. The van der Waals surface area contributed by atoms with E-state index in [9.17, 15) is 10.3 Å². The molecule has 2 heterocycles. The molecule has 2 rings (SSSR count). The number of hydrogen-bond acceptors (Lipinski definition) is 4. The highest BCUT2D eigenvalue weighted by Crippen LogP contribution is 2.29. The van der Waals surface area contributed by atoms with Crippen molar-refractivity contribution in [1.82, 2.24) is 4.98 Å². The lowest BCUT2D eigenvalue weighted by molar-refractivity contribution is 0.282. The summed E-state index contributed by atoms with van der Waals surface area (Å²) >= 11 is 0. The van der Waals surface area contributed by atoms with Crippen molar-refractivity contribution in [3.63, 3.8) is 0 Å². The quantitative estimate of drug-likeness (QED) is 0.631. The Morgan fingerprint density at radius 3 is 3.00 bits per heavy atom. The van der Waals surface area contributed by atoms with Crippen LogP contribution in [-0.4, -0.2) is 15.3 Å². The molecule has 4 nitrogen and oxygen atoms in total. The summed E-state index contributed by atoms with van der Waals surface area (Å²) in [4.78, 5) is 3.92. The Hall–Kier alpha value is -1.81. The average molecular weight is 176 g/mol. The largest absolute Gasteiger partial charge is 0.507 e. The van der Waals surface area contributed by atoms with Crippen LogP contribution in [0.4, 0.5) is 5.82 Å². The second kappa shape index (κ2) is 2.60.